The molecule has 5 N–H and O–H groups in total. The van der Waals surface area contributed by atoms with Gasteiger partial charge in [-0.3, -0.25) is 4.57 Å². The molecule has 0 radical (unpaired) electrons. The van der Waals surface area contributed by atoms with Gasteiger partial charge in [-0.15, -0.1) is 11.6 Å². The van der Waals surface area contributed by atoms with Crippen molar-refractivity contribution in [1.29, 1.82) is 0 Å². The topological polar surface area (TPSA) is 126 Å². The zero-order chi connectivity index (χ0) is 18.8. The summed E-state index contributed by atoms with van der Waals surface area (Å²) in [6.45, 7) is 6.20. The Morgan fingerprint density at radius 3 is 2.80 bits per heavy atom. The second-order valence-electron chi connectivity index (χ2n) is 6.98. The molecule has 0 aliphatic carbocycles. The van der Waals surface area contributed by atoms with Gasteiger partial charge in [-0.25, -0.2) is 4.79 Å². The molecule has 0 spiro atoms. The number of nitrogens with zero attached hydrogens (tertiary/aromatic N) is 2. The highest BCUT2D eigenvalue weighted by Gasteiger charge is 2.53. The Morgan fingerprint density at radius 2 is 2.24 bits per heavy atom. The van der Waals surface area contributed by atoms with Crippen LogP contribution < -0.4 is 17.2 Å². The summed E-state index contributed by atoms with van der Waals surface area (Å²) in [4.78, 5) is 15.8. The average molecular weight is 375 g/mol. The zero-order valence-electron chi connectivity index (χ0n) is 14.8. The van der Waals surface area contributed by atoms with Gasteiger partial charge in [-0.1, -0.05) is 20.8 Å². The van der Waals surface area contributed by atoms with Crippen LogP contribution in [0.2, 0.25) is 0 Å². The standard InChI is InChI=1S/C16H27ClN4O4/c1-9(2)11(18)6-24-8-16(7-17)13(22)10(3)14(25-16)21-5-4-12(19)20-15(21)23/h4-5,9-11,13-14,22H,6-8,18H2,1-3H3,(H2,19,20,23). The number of nitrogens with two attached hydrogens (primary N) is 2. The van der Waals surface area contributed by atoms with E-state index in [1.54, 1.807) is 6.92 Å². The Bertz CT molecular complexity index is 641. The Hall–Kier alpha value is -1.19. The molecule has 5 atom stereocenters. The molecular formula is C16H27ClN4O4. The van der Waals surface area contributed by atoms with Crippen LogP contribution >= 0.6 is 11.6 Å². The molecule has 2 rings (SSSR count). The van der Waals surface area contributed by atoms with Gasteiger partial charge in [-0.2, -0.15) is 4.98 Å². The van der Waals surface area contributed by atoms with Gasteiger partial charge in [-0.05, 0) is 12.0 Å². The van der Waals surface area contributed by atoms with Crippen molar-refractivity contribution < 1.29 is 14.6 Å². The number of nitrogen functional groups attached to an aromatic ring is 1. The Kier molecular flexibility index (Phi) is 6.45. The second-order valence-corrected chi connectivity index (χ2v) is 7.24. The first-order valence-electron chi connectivity index (χ1n) is 8.31. The highest BCUT2D eigenvalue weighted by atomic mass is 35.5. The summed E-state index contributed by atoms with van der Waals surface area (Å²) in [6, 6.07) is 1.38. The van der Waals surface area contributed by atoms with Crippen LogP contribution in [0.25, 0.3) is 0 Å². The first-order chi connectivity index (χ1) is 11.7. The van der Waals surface area contributed by atoms with Crippen molar-refractivity contribution in [2.24, 2.45) is 17.6 Å². The first-order valence-corrected chi connectivity index (χ1v) is 8.85. The van der Waals surface area contributed by atoms with E-state index in [-0.39, 0.29) is 36.2 Å². The molecule has 0 amide bonds. The number of aromatic nitrogens is 2. The summed E-state index contributed by atoms with van der Waals surface area (Å²) in [6.07, 6.45) is -0.121. The molecular weight excluding hydrogens is 348 g/mol. The maximum atomic E-state index is 12.1. The first kappa shape index (κ1) is 20.1. The van der Waals surface area contributed by atoms with E-state index in [0.717, 1.165) is 0 Å². The van der Waals surface area contributed by atoms with Crippen molar-refractivity contribution in [2.45, 2.75) is 44.7 Å². The predicted molar refractivity (Wildman–Crippen MR) is 95.3 cm³/mol. The maximum Gasteiger partial charge on any atom is 0.351 e. The van der Waals surface area contributed by atoms with Crippen molar-refractivity contribution in [2.75, 3.05) is 24.8 Å². The lowest BCUT2D eigenvalue weighted by atomic mass is 9.92. The Morgan fingerprint density at radius 1 is 1.56 bits per heavy atom. The lowest BCUT2D eigenvalue weighted by molar-refractivity contribution is -0.129. The van der Waals surface area contributed by atoms with Gasteiger partial charge >= 0.3 is 5.69 Å². The summed E-state index contributed by atoms with van der Waals surface area (Å²) in [5.74, 6) is 0.0297. The number of ether oxygens (including phenoxy) is 2. The van der Waals surface area contributed by atoms with E-state index in [1.807, 2.05) is 13.8 Å². The molecule has 5 unspecified atom stereocenters. The summed E-state index contributed by atoms with van der Waals surface area (Å²) in [5, 5.41) is 10.7. The van der Waals surface area contributed by atoms with Gasteiger partial charge in [0.1, 0.15) is 17.6 Å². The molecule has 1 aliphatic rings. The van der Waals surface area contributed by atoms with Gasteiger partial charge < -0.3 is 26.0 Å². The van der Waals surface area contributed by atoms with E-state index in [1.165, 1.54) is 16.8 Å². The molecule has 2 heterocycles. The molecule has 1 aromatic rings. The van der Waals surface area contributed by atoms with Crippen LogP contribution in [0.4, 0.5) is 5.82 Å². The van der Waals surface area contributed by atoms with E-state index in [9.17, 15) is 9.90 Å². The number of aliphatic hydroxyl groups is 1. The predicted octanol–water partition coefficient (Wildman–Crippen LogP) is 0.329. The van der Waals surface area contributed by atoms with E-state index in [0.29, 0.717) is 6.61 Å². The van der Waals surface area contributed by atoms with E-state index in [2.05, 4.69) is 4.98 Å². The van der Waals surface area contributed by atoms with Crippen LogP contribution in [0.3, 0.4) is 0 Å². The van der Waals surface area contributed by atoms with Crippen molar-refractivity contribution in [3.8, 4) is 0 Å². The number of aliphatic hydroxyl groups excluding tert-OH is 1. The van der Waals surface area contributed by atoms with Crippen LogP contribution in [0.5, 0.6) is 0 Å². The minimum Gasteiger partial charge on any atom is -0.390 e. The van der Waals surface area contributed by atoms with Gasteiger partial charge in [0.25, 0.3) is 0 Å². The monoisotopic (exact) mass is 374 g/mol. The molecule has 0 saturated carbocycles. The molecule has 142 valence electrons. The lowest BCUT2D eigenvalue weighted by Gasteiger charge is -2.30. The van der Waals surface area contributed by atoms with Crippen LogP contribution in [-0.4, -0.2) is 51.5 Å². The maximum absolute atomic E-state index is 12.1. The zero-order valence-corrected chi connectivity index (χ0v) is 15.5. The number of anilines is 1. The minimum absolute atomic E-state index is 0.0169. The highest BCUT2D eigenvalue weighted by Crippen LogP contribution is 2.41. The van der Waals surface area contributed by atoms with E-state index >= 15 is 0 Å². The molecule has 1 saturated heterocycles. The normalized spacial score (nSPS) is 30.8. The van der Waals surface area contributed by atoms with Crippen molar-refractivity contribution in [3.05, 3.63) is 22.7 Å². The van der Waals surface area contributed by atoms with Crippen molar-refractivity contribution >= 4 is 17.4 Å². The number of hydrogen-bond acceptors (Lipinski definition) is 7. The largest absolute Gasteiger partial charge is 0.390 e. The third-order valence-electron chi connectivity index (χ3n) is 4.71. The lowest BCUT2D eigenvalue weighted by Crippen LogP contribution is -2.48. The molecule has 25 heavy (non-hydrogen) atoms. The van der Waals surface area contributed by atoms with Gasteiger partial charge in [0.05, 0.1) is 25.2 Å². The van der Waals surface area contributed by atoms with E-state index < -0.39 is 23.6 Å². The van der Waals surface area contributed by atoms with Crippen molar-refractivity contribution in [1.82, 2.24) is 9.55 Å². The van der Waals surface area contributed by atoms with Crippen molar-refractivity contribution in [3.63, 3.8) is 0 Å². The minimum atomic E-state index is -1.12. The number of alkyl halides is 1. The summed E-state index contributed by atoms with van der Waals surface area (Å²) in [5.41, 5.74) is 9.83. The van der Waals surface area contributed by atoms with Crippen LogP contribution in [-0.2, 0) is 9.47 Å². The van der Waals surface area contributed by atoms with Gasteiger partial charge in [0, 0.05) is 18.2 Å². The number of hydrogen-bond donors (Lipinski definition) is 3. The highest BCUT2D eigenvalue weighted by molar-refractivity contribution is 6.18. The molecule has 1 aromatic heterocycles. The molecule has 8 nitrogen and oxygen atoms in total. The Labute approximate surface area is 152 Å². The second kappa shape index (κ2) is 8.01. The SMILES string of the molecule is CC(C)C(N)COCC1(CCl)OC(n2ccc(N)nc2=O)C(C)C1O. The Balaban J connectivity index is 2.16. The van der Waals surface area contributed by atoms with Crippen LogP contribution in [0.1, 0.15) is 27.0 Å². The number of rotatable bonds is 7. The van der Waals surface area contributed by atoms with Crippen LogP contribution in [0, 0.1) is 11.8 Å². The summed E-state index contributed by atoms with van der Waals surface area (Å²) >= 11 is 6.10. The molecule has 9 heteroatoms. The van der Waals surface area contributed by atoms with Gasteiger partial charge in [0.2, 0.25) is 0 Å². The third-order valence-corrected chi connectivity index (χ3v) is 5.16. The third kappa shape index (κ3) is 4.15. The fourth-order valence-corrected chi connectivity index (χ4v) is 3.11. The number of halogens is 1. The fraction of sp³-hybridized carbons (Fsp3) is 0.750. The quantitative estimate of drug-likeness (QED) is 0.587. The average Bonchev–Trinajstić information content (AvgIpc) is 2.80. The molecule has 1 fully saturated rings. The molecule has 1 aliphatic heterocycles. The summed E-state index contributed by atoms with van der Waals surface area (Å²) in [7, 11) is 0. The molecule has 0 aromatic carbocycles. The van der Waals surface area contributed by atoms with Gasteiger partial charge in [0.15, 0.2) is 0 Å². The fourth-order valence-electron chi connectivity index (χ4n) is 2.81. The summed E-state index contributed by atoms with van der Waals surface area (Å²) < 4.78 is 13.0. The van der Waals surface area contributed by atoms with E-state index in [4.69, 9.17) is 32.5 Å². The smallest absolute Gasteiger partial charge is 0.351 e. The molecule has 0 bridgehead atoms. The van der Waals surface area contributed by atoms with Crippen LogP contribution in [0.15, 0.2) is 17.1 Å².